The maximum absolute atomic E-state index is 12.3. The predicted molar refractivity (Wildman–Crippen MR) is 68.7 cm³/mol. The van der Waals surface area contributed by atoms with Gasteiger partial charge in [-0.2, -0.15) is 0 Å². The normalized spacial score (nSPS) is 14.2. The van der Waals surface area contributed by atoms with Crippen molar-refractivity contribution >= 4 is 17.3 Å². The number of nitrogen functional groups attached to an aromatic ring is 1. The molecule has 7 heteroatoms. The van der Waals surface area contributed by atoms with Crippen LogP contribution in [0.5, 0.6) is 0 Å². The average Bonchev–Trinajstić information content (AvgIpc) is 3.19. The molecule has 1 aromatic carbocycles. The van der Waals surface area contributed by atoms with E-state index in [-0.39, 0.29) is 42.0 Å². The molecule has 0 bridgehead atoms. The van der Waals surface area contributed by atoms with Crippen molar-refractivity contribution in [2.45, 2.75) is 18.9 Å². The van der Waals surface area contributed by atoms with E-state index < -0.39 is 4.92 Å². The first-order chi connectivity index (χ1) is 9.06. The maximum atomic E-state index is 12.3. The smallest absolute Gasteiger partial charge is 0.292 e. The summed E-state index contributed by atoms with van der Waals surface area (Å²) in [6, 6.07) is 4.28. The van der Waals surface area contributed by atoms with Gasteiger partial charge in [0.1, 0.15) is 5.69 Å². The van der Waals surface area contributed by atoms with Crippen LogP contribution >= 0.6 is 0 Å². The van der Waals surface area contributed by atoms with Crippen molar-refractivity contribution in [1.82, 2.24) is 4.90 Å². The summed E-state index contributed by atoms with van der Waals surface area (Å²) in [5.41, 5.74) is 5.41. The van der Waals surface area contributed by atoms with Crippen LogP contribution in [0.2, 0.25) is 0 Å². The van der Waals surface area contributed by atoms with E-state index in [1.54, 1.807) is 0 Å². The van der Waals surface area contributed by atoms with Crippen molar-refractivity contribution < 1.29 is 14.8 Å². The number of nitro benzene ring substituents is 1. The van der Waals surface area contributed by atoms with Gasteiger partial charge in [-0.05, 0) is 18.9 Å². The minimum atomic E-state index is -0.611. The molecule has 0 unspecified atom stereocenters. The van der Waals surface area contributed by atoms with Gasteiger partial charge in [0, 0.05) is 18.7 Å². The van der Waals surface area contributed by atoms with Gasteiger partial charge in [0.2, 0.25) is 0 Å². The molecule has 0 heterocycles. The van der Waals surface area contributed by atoms with E-state index in [2.05, 4.69) is 0 Å². The van der Waals surface area contributed by atoms with E-state index in [4.69, 9.17) is 10.8 Å². The Hall–Kier alpha value is -2.15. The Kier molecular flexibility index (Phi) is 3.66. The Bertz CT molecular complexity index is 514. The minimum absolute atomic E-state index is 0.110. The fraction of sp³-hybridized carbons (Fsp3) is 0.417. The number of para-hydroxylation sites is 1. The highest BCUT2D eigenvalue weighted by atomic mass is 16.6. The third-order valence-corrected chi connectivity index (χ3v) is 3.10. The van der Waals surface area contributed by atoms with Crippen molar-refractivity contribution in [1.29, 1.82) is 0 Å². The number of carbonyl (C=O) groups excluding carboxylic acids is 1. The summed E-state index contributed by atoms with van der Waals surface area (Å²) < 4.78 is 0. The van der Waals surface area contributed by atoms with Gasteiger partial charge in [0.05, 0.1) is 17.1 Å². The first kappa shape index (κ1) is 13.3. The highest BCUT2D eigenvalue weighted by Crippen LogP contribution is 2.31. The van der Waals surface area contributed by atoms with E-state index in [0.717, 1.165) is 12.8 Å². The first-order valence-electron chi connectivity index (χ1n) is 6.01. The monoisotopic (exact) mass is 265 g/mol. The number of nitrogens with two attached hydrogens (primary N) is 1. The summed E-state index contributed by atoms with van der Waals surface area (Å²) in [6.45, 7) is 0.0721. The number of anilines is 1. The number of benzene rings is 1. The van der Waals surface area contributed by atoms with Crippen LogP contribution in [0, 0.1) is 10.1 Å². The first-order valence-corrected chi connectivity index (χ1v) is 6.01. The lowest BCUT2D eigenvalue weighted by Gasteiger charge is -2.21. The summed E-state index contributed by atoms with van der Waals surface area (Å²) in [7, 11) is 0. The van der Waals surface area contributed by atoms with Crippen molar-refractivity contribution in [3.8, 4) is 0 Å². The zero-order chi connectivity index (χ0) is 14.0. The van der Waals surface area contributed by atoms with Gasteiger partial charge in [0.25, 0.3) is 11.6 Å². The van der Waals surface area contributed by atoms with Gasteiger partial charge in [-0.25, -0.2) is 0 Å². The van der Waals surface area contributed by atoms with Crippen LogP contribution in [0.4, 0.5) is 11.4 Å². The van der Waals surface area contributed by atoms with Crippen LogP contribution in [0.1, 0.15) is 23.2 Å². The van der Waals surface area contributed by atoms with Crippen molar-refractivity contribution in [3.63, 3.8) is 0 Å². The van der Waals surface area contributed by atoms with Crippen LogP contribution in [0.25, 0.3) is 0 Å². The second-order valence-electron chi connectivity index (χ2n) is 4.45. The van der Waals surface area contributed by atoms with Crippen LogP contribution in [0.3, 0.4) is 0 Å². The summed E-state index contributed by atoms with van der Waals surface area (Å²) in [4.78, 5) is 24.0. The largest absolute Gasteiger partial charge is 0.395 e. The van der Waals surface area contributed by atoms with Crippen molar-refractivity contribution in [3.05, 3.63) is 33.9 Å². The molecule has 1 aliphatic carbocycles. The summed E-state index contributed by atoms with van der Waals surface area (Å²) in [6.07, 6.45) is 1.78. The molecule has 1 aromatic rings. The fourth-order valence-corrected chi connectivity index (χ4v) is 2.00. The molecule has 2 rings (SSSR count). The third-order valence-electron chi connectivity index (χ3n) is 3.10. The molecule has 0 aliphatic heterocycles. The molecular weight excluding hydrogens is 250 g/mol. The molecule has 0 atom stereocenters. The van der Waals surface area contributed by atoms with Gasteiger partial charge in [-0.15, -0.1) is 0 Å². The van der Waals surface area contributed by atoms with E-state index in [9.17, 15) is 14.9 Å². The van der Waals surface area contributed by atoms with Crippen molar-refractivity contribution in [2.75, 3.05) is 18.9 Å². The number of nitrogens with zero attached hydrogens (tertiary/aromatic N) is 2. The van der Waals surface area contributed by atoms with Gasteiger partial charge in [0.15, 0.2) is 0 Å². The Labute approximate surface area is 109 Å². The molecule has 1 aliphatic rings. The number of amides is 1. The molecule has 0 radical (unpaired) electrons. The average molecular weight is 265 g/mol. The van der Waals surface area contributed by atoms with Crippen molar-refractivity contribution in [2.24, 2.45) is 0 Å². The Morgan fingerprint density at radius 3 is 2.74 bits per heavy atom. The molecule has 1 saturated carbocycles. The molecule has 1 fully saturated rings. The molecule has 0 spiro atoms. The number of hydrogen-bond donors (Lipinski definition) is 2. The molecule has 0 aromatic heterocycles. The van der Waals surface area contributed by atoms with Crippen LogP contribution < -0.4 is 5.73 Å². The Morgan fingerprint density at radius 1 is 1.53 bits per heavy atom. The molecular formula is C12H15N3O4. The molecule has 1 amide bonds. The number of aliphatic hydroxyl groups is 1. The molecule has 3 N–H and O–H groups in total. The summed E-state index contributed by atoms with van der Waals surface area (Å²) >= 11 is 0. The second kappa shape index (κ2) is 5.23. The number of rotatable bonds is 5. The van der Waals surface area contributed by atoms with Gasteiger partial charge in [-0.3, -0.25) is 14.9 Å². The highest BCUT2D eigenvalue weighted by molar-refractivity contribution is 6.01. The molecule has 19 heavy (non-hydrogen) atoms. The standard InChI is InChI=1S/C12H15N3O4/c13-11-9(2-1-3-10(11)15(18)19)12(17)14(6-7-16)8-4-5-8/h1-3,8,16H,4-7,13H2. The van der Waals surface area contributed by atoms with Gasteiger partial charge in [-0.1, -0.05) is 6.07 Å². The van der Waals surface area contributed by atoms with E-state index in [0.29, 0.717) is 0 Å². The third kappa shape index (κ3) is 2.65. The zero-order valence-corrected chi connectivity index (χ0v) is 10.3. The second-order valence-corrected chi connectivity index (χ2v) is 4.45. The Morgan fingerprint density at radius 2 is 2.21 bits per heavy atom. The lowest BCUT2D eigenvalue weighted by Crippen LogP contribution is -2.36. The van der Waals surface area contributed by atoms with Gasteiger partial charge < -0.3 is 15.7 Å². The van der Waals surface area contributed by atoms with Gasteiger partial charge >= 0.3 is 0 Å². The number of hydrogen-bond acceptors (Lipinski definition) is 5. The lowest BCUT2D eigenvalue weighted by atomic mass is 10.1. The predicted octanol–water partition coefficient (Wildman–Crippen LogP) is 0.774. The molecule has 0 saturated heterocycles. The van der Waals surface area contributed by atoms with Crippen LogP contribution in [-0.2, 0) is 0 Å². The number of nitro groups is 1. The molecule has 102 valence electrons. The van der Waals surface area contributed by atoms with E-state index in [1.165, 1.54) is 23.1 Å². The van der Waals surface area contributed by atoms with E-state index in [1.807, 2.05) is 0 Å². The highest BCUT2D eigenvalue weighted by Gasteiger charge is 2.34. The maximum Gasteiger partial charge on any atom is 0.292 e. The topological polar surface area (TPSA) is 110 Å². The number of carbonyl (C=O) groups is 1. The SMILES string of the molecule is Nc1c(C(=O)N(CCO)C2CC2)cccc1[N+](=O)[O-]. The lowest BCUT2D eigenvalue weighted by molar-refractivity contribution is -0.383. The summed E-state index contributed by atoms with van der Waals surface area (Å²) in [5.74, 6) is -0.363. The fourth-order valence-electron chi connectivity index (χ4n) is 2.00. The molecule has 7 nitrogen and oxygen atoms in total. The minimum Gasteiger partial charge on any atom is -0.395 e. The summed E-state index contributed by atoms with van der Waals surface area (Å²) in [5, 5.41) is 19.8. The van der Waals surface area contributed by atoms with E-state index >= 15 is 0 Å². The number of aliphatic hydroxyl groups excluding tert-OH is 1. The zero-order valence-electron chi connectivity index (χ0n) is 10.3. The Balaban J connectivity index is 2.32. The van der Waals surface area contributed by atoms with Crippen LogP contribution in [-0.4, -0.2) is 40.0 Å². The quantitative estimate of drug-likeness (QED) is 0.464. The van der Waals surface area contributed by atoms with Crippen LogP contribution in [0.15, 0.2) is 18.2 Å².